The van der Waals surface area contributed by atoms with Gasteiger partial charge in [0.25, 0.3) is 0 Å². The third-order valence-corrected chi connectivity index (χ3v) is 4.50. The van der Waals surface area contributed by atoms with Gasteiger partial charge in [0.2, 0.25) is 0 Å². The van der Waals surface area contributed by atoms with E-state index in [1.165, 1.54) is 24.3 Å². The van der Waals surface area contributed by atoms with Crippen LogP contribution in [0, 0.1) is 18.6 Å². The van der Waals surface area contributed by atoms with Gasteiger partial charge < -0.3 is 4.90 Å². The van der Waals surface area contributed by atoms with Crippen LogP contribution in [-0.2, 0) is 0 Å². The molecule has 0 fully saturated rings. The molecule has 4 rings (SSSR count). The molecule has 0 N–H and O–H groups in total. The Morgan fingerprint density at radius 3 is 1.73 bits per heavy atom. The van der Waals surface area contributed by atoms with Gasteiger partial charge >= 0.3 is 0 Å². The lowest BCUT2D eigenvalue weighted by Crippen LogP contribution is -2.12. The van der Waals surface area contributed by atoms with Crippen molar-refractivity contribution in [2.24, 2.45) is 0 Å². The van der Waals surface area contributed by atoms with Gasteiger partial charge in [-0.05, 0) is 66.4 Å². The van der Waals surface area contributed by atoms with Crippen molar-refractivity contribution in [1.82, 2.24) is 0 Å². The van der Waals surface area contributed by atoms with Gasteiger partial charge in [-0.1, -0.05) is 36.4 Å². The number of halogens is 2. The van der Waals surface area contributed by atoms with E-state index in [-0.39, 0.29) is 11.6 Å². The Morgan fingerprint density at radius 2 is 1.15 bits per heavy atom. The summed E-state index contributed by atoms with van der Waals surface area (Å²) in [5.41, 5.74) is 3.72. The molecule has 0 heterocycles. The third kappa shape index (κ3) is 2.92. The minimum atomic E-state index is -0.289. The second kappa shape index (κ2) is 6.60. The minimum absolute atomic E-state index is 0.289. The van der Waals surface area contributed by atoms with Crippen molar-refractivity contribution < 1.29 is 8.78 Å². The maximum atomic E-state index is 13.5. The molecule has 0 aromatic heterocycles. The molecule has 26 heavy (non-hydrogen) atoms. The van der Waals surface area contributed by atoms with E-state index in [4.69, 9.17) is 0 Å². The second-order valence-electron chi connectivity index (χ2n) is 6.24. The predicted molar refractivity (Wildman–Crippen MR) is 103 cm³/mol. The van der Waals surface area contributed by atoms with E-state index in [1.807, 2.05) is 24.0 Å². The smallest absolute Gasteiger partial charge is 0.123 e. The van der Waals surface area contributed by atoms with Crippen LogP contribution in [0.3, 0.4) is 0 Å². The first-order chi connectivity index (χ1) is 12.6. The molecule has 1 nitrogen and oxygen atoms in total. The first-order valence-corrected chi connectivity index (χ1v) is 8.43. The van der Waals surface area contributed by atoms with Gasteiger partial charge in [-0.15, -0.1) is 0 Å². The highest BCUT2D eigenvalue weighted by Crippen LogP contribution is 2.40. The Bertz CT molecular complexity index is 1010. The molecular formula is C23H17F2N. The highest BCUT2D eigenvalue weighted by atomic mass is 19.1. The first kappa shape index (κ1) is 16.3. The van der Waals surface area contributed by atoms with Gasteiger partial charge in [-0.25, -0.2) is 8.78 Å². The van der Waals surface area contributed by atoms with E-state index in [0.717, 1.165) is 33.4 Å². The van der Waals surface area contributed by atoms with Crippen molar-refractivity contribution >= 4 is 27.8 Å². The van der Waals surface area contributed by atoms with E-state index >= 15 is 0 Å². The summed E-state index contributed by atoms with van der Waals surface area (Å²) in [6.45, 7) is 2.04. The average Bonchev–Trinajstić information content (AvgIpc) is 2.66. The fourth-order valence-electron chi connectivity index (χ4n) is 3.25. The summed E-state index contributed by atoms with van der Waals surface area (Å²) in [5, 5.41) is 2.20. The maximum absolute atomic E-state index is 13.5. The maximum Gasteiger partial charge on any atom is 0.123 e. The highest BCUT2D eigenvalue weighted by Gasteiger charge is 2.17. The number of nitrogens with zero attached hydrogens (tertiary/aromatic N) is 1. The Hall–Kier alpha value is -3.20. The molecule has 0 amide bonds. The number of aryl methyl sites for hydroxylation is 1. The first-order valence-electron chi connectivity index (χ1n) is 8.43. The van der Waals surface area contributed by atoms with E-state index in [1.54, 1.807) is 24.3 Å². The van der Waals surface area contributed by atoms with Crippen molar-refractivity contribution in [2.45, 2.75) is 6.92 Å². The van der Waals surface area contributed by atoms with Gasteiger partial charge in [0.1, 0.15) is 11.6 Å². The van der Waals surface area contributed by atoms with Crippen LogP contribution in [0.5, 0.6) is 0 Å². The normalized spacial score (nSPS) is 10.9. The molecule has 0 spiro atoms. The number of benzene rings is 4. The Morgan fingerprint density at radius 1 is 0.615 bits per heavy atom. The molecule has 0 aliphatic rings. The van der Waals surface area contributed by atoms with Gasteiger partial charge in [0.05, 0.1) is 5.69 Å². The summed E-state index contributed by atoms with van der Waals surface area (Å²) in [7, 11) is 0. The fraction of sp³-hybridized carbons (Fsp3) is 0.0435. The van der Waals surface area contributed by atoms with Crippen molar-refractivity contribution in [3.05, 3.63) is 102 Å². The molecule has 0 atom stereocenters. The summed E-state index contributed by atoms with van der Waals surface area (Å²) in [5.74, 6) is -0.579. The Kier molecular flexibility index (Phi) is 4.13. The fourth-order valence-corrected chi connectivity index (χ4v) is 3.25. The van der Waals surface area contributed by atoms with E-state index in [2.05, 4.69) is 24.3 Å². The number of hydrogen-bond donors (Lipinski definition) is 0. The van der Waals surface area contributed by atoms with Crippen LogP contribution in [0.15, 0.2) is 84.9 Å². The van der Waals surface area contributed by atoms with Crippen molar-refractivity contribution in [3.8, 4) is 0 Å². The molecule has 0 aliphatic carbocycles. The topological polar surface area (TPSA) is 3.24 Å². The van der Waals surface area contributed by atoms with E-state index in [9.17, 15) is 8.78 Å². The van der Waals surface area contributed by atoms with Crippen molar-refractivity contribution in [1.29, 1.82) is 0 Å². The zero-order valence-corrected chi connectivity index (χ0v) is 14.3. The van der Waals surface area contributed by atoms with Crippen LogP contribution in [0.25, 0.3) is 10.8 Å². The van der Waals surface area contributed by atoms with Gasteiger partial charge in [0, 0.05) is 16.8 Å². The molecule has 0 saturated heterocycles. The molecule has 0 aliphatic heterocycles. The highest BCUT2D eigenvalue weighted by molar-refractivity contribution is 6.00. The quantitative estimate of drug-likeness (QED) is 0.390. The Balaban J connectivity index is 2.01. The molecule has 0 radical (unpaired) electrons. The number of fused-ring (bicyclic) bond motifs is 1. The summed E-state index contributed by atoms with van der Waals surface area (Å²) < 4.78 is 26.9. The summed E-state index contributed by atoms with van der Waals surface area (Å²) in [6.07, 6.45) is 0. The van der Waals surface area contributed by atoms with Gasteiger partial charge in [-0.2, -0.15) is 0 Å². The molecule has 0 unspecified atom stereocenters. The van der Waals surface area contributed by atoms with Crippen molar-refractivity contribution in [2.75, 3.05) is 4.90 Å². The average molecular weight is 345 g/mol. The van der Waals surface area contributed by atoms with Crippen LogP contribution in [0.4, 0.5) is 25.8 Å². The largest absolute Gasteiger partial charge is 0.310 e. The molecule has 4 aromatic rings. The standard InChI is InChI=1S/C23H17F2N/c1-16-6-7-17-4-2-3-5-22(17)23(16)26(20-12-8-18(24)9-13-20)21-14-10-19(25)11-15-21/h2-15H,1H3. The van der Waals surface area contributed by atoms with E-state index < -0.39 is 0 Å². The number of anilines is 3. The van der Waals surface area contributed by atoms with Crippen molar-refractivity contribution in [3.63, 3.8) is 0 Å². The van der Waals surface area contributed by atoms with Crippen LogP contribution in [-0.4, -0.2) is 0 Å². The third-order valence-electron chi connectivity index (χ3n) is 4.50. The summed E-state index contributed by atoms with van der Waals surface area (Å²) in [6, 6.07) is 25.0. The zero-order valence-electron chi connectivity index (χ0n) is 14.3. The number of hydrogen-bond acceptors (Lipinski definition) is 1. The lowest BCUT2D eigenvalue weighted by atomic mass is 10.0. The molecule has 0 saturated carbocycles. The van der Waals surface area contributed by atoms with Crippen LogP contribution in [0.2, 0.25) is 0 Å². The molecule has 4 aromatic carbocycles. The van der Waals surface area contributed by atoms with Crippen LogP contribution < -0.4 is 4.90 Å². The van der Waals surface area contributed by atoms with E-state index in [0.29, 0.717) is 0 Å². The van der Waals surface area contributed by atoms with Crippen LogP contribution in [0.1, 0.15) is 5.56 Å². The molecule has 0 bridgehead atoms. The summed E-state index contributed by atoms with van der Waals surface area (Å²) in [4.78, 5) is 2.04. The monoisotopic (exact) mass is 345 g/mol. The number of rotatable bonds is 3. The summed E-state index contributed by atoms with van der Waals surface area (Å²) >= 11 is 0. The van der Waals surface area contributed by atoms with Crippen LogP contribution >= 0.6 is 0 Å². The minimum Gasteiger partial charge on any atom is -0.310 e. The SMILES string of the molecule is Cc1ccc2ccccc2c1N(c1ccc(F)cc1)c1ccc(F)cc1. The lowest BCUT2D eigenvalue weighted by molar-refractivity contribution is 0.628. The molecular weight excluding hydrogens is 328 g/mol. The molecule has 128 valence electrons. The molecule has 3 heteroatoms. The second-order valence-corrected chi connectivity index (χ2v) is 6.24. The lowest BCUT2D eigenvalue weighted by Gasteiger charge is -2.28. The predicted octanol–water partition coefficient (Wildman–Crippen LogP) is 6.90. The Labute approximate surface area is 151 Å². The van der Waals surface area contributed by atoms with Gasteiger partial charge in [0.15, 0.2) is 0 Å². The van der Waals surface area contributed by atoms with Gasteiger partial charge in [-0.3, -0.25) is 0 Å². The zero-order chi connectivity index (χ0) is 18.1.